The molecule has 2 aromatic carbocycles. The van der Waals surface area contributed by atoms with Crippen molar-refractivity contribution in [1.82, 2.24) is 0 Å². The molecule has 1 aliphatic heterocycles. The Bertz CT molecular complexity index is 710. The van der Waals surface area contributed by atoms with Crippen molar-refractivity contribution in [2.24, 2.45) is 0 Å². The second-order valence-electron chi connectivity index (χ2n) is 4.85. The Morgan fingerprint density at radius 2 is 1.80 bits per heavy atom. The largest absolute Gasteiger partial charge is 0.299 e. The van der Waals surface area contributed by atoms with Crippen molar-refractivity contribution in [2.75, 3.05) is 4.90 Å². The second-order valence-corrected chi connectivity index (χ2v) is 5.70. The molecule has 0 radical (unpaired) electrons. The molecule has 3 rings (SSSR count). The van der Waals surface area contributed by atoms with Gasteiger partial charge in [0.05, 0.1) is 17.8 Å². The maximum atomic E-state index is 12.2. The first-order chi connectivity index (χ1) is 9.58. The molecule has 0 spiro atoms. The first-order valence-electron chi connectivity index (χ1n) is 6.28. The van der Waals surface area contributed by atoms with Crippen LogP contribution in [0.15, 0.2) is 46.9 Å². The fourth-order valence-electron chi connectivity index (χ4n) is 2.44. The molecule has 0 bridgehead atoms. The summed E-state index contributed by atoms with van der Waals surface area (Å²) in [5, 5.41) is 0. The van der Waals surface area contributed by atoms with Gasteiger partial charge in [-0.15, -0.1) is 0 Å². The highest BCUT2D eigenvalue weighted by atomic mass is 79.9. The lowest BCUT2D eigenvalue weighted by Gasteiger charge is -2.18. The molecule has 3 nitrogen and oxygen atoms in total. The topological polar surface area (TPSA) is 37.4 Å². The molecular weight excluding hydrogens is 318 g/mol. The smallest absolute Gasteiger partial charge is 0.299 e. The third kappa shape index (κ3) is 2.06. The molecule has 1 aliphatic rings. The molecule has 1 heterocycles. The highest BCUT2D eigenvalue weighted by Gasteiger charge is 2.37. The number of hydrogen-bond donors (Lipinski definition) is 0. The van der Waals surface area contributed by atoms with Crippen LogP contribution >= 0.6 is 15.9 Å². The molecule has 0 unspecified atom stereocenters. The molecule has 0 aliphatic carbocycles. The standard InChI is InChI=1S/C16H12BrNO2/c1-10-7-12-14(13(17)8-10)18(16(20)15(12)19)9-11-5-3-2-4-6-11/h2-8H,9H2,1H3. The van der Waals surface area contributed by atoms with Gasteiger partial charge in [0.15, 0.2) is 0 Å². The third-order valence-electron chi connectivity index (χ3n) is 3.35. The molecule has 2 aromatic rings. The van der Waals surface area contributed by atoms with E-state index < -0.39 is 11.7 Å². The molecule has 0 saturated heterocycles. The van der Waals surface area contributed by atoms with Gasteiger partial charge in [-0.1, -0.05) is 30.3 Å². The summed E-state index contributed by atoms with van der Waals surface area (Å²) in [5.41, 5.74) is 3.11. The van der Waals surface area contributed by atoms with Crippen molar-refractivity contribution in [2.45, 2.75) is 13.5 Å². The first-order valence-corrected chi connectivity index (χ1v) is 7.07. The minimum absolute atomic E-state index is 0.403. The molecule has 0 atom stereocenters. The van der Waals surface area contributed by atoms with Crippen molar-refractivity contribution in [3.05, 3.63) is 63.6 Å². The summed E-state index contributed by atoms with van der Waals surface area (Å²) in [6, 6.07) is 13.3. The fraction of sp³-hybridized carbons (Fsp3) is 0.125. The third-order valence-corrected chi connectivity index (χ3v) is 3.95. The minimum atomic E-state index is -0.463. The van der Waals surface area contributed by atoms with E-state index in [1.165, 1.54) is 4.90 Å². The van der Waals surface area contributed by atoms with E-state index in [4.69, 9.17) is 0 Å². The first kappa shape index (κ1) is 13.1. The number of carbonyl (C=O) groups excluding carboxylic acids is 2. The molecule has 0 aromatic heterocycles. The number of halogens is 1. The van der Waals surface area contributed by atoms with Gasteiger partial charge in [-0.25, -0.2) is 0 Å². The lowest BCUT2D eigenvalue weighted by molar-refractivity contribution is -0.114. The quantitative estimate of drug-likeness (QED) is 0.791. The van der Waals surface area contributed by atoms with Crippen molar-refractivity contribution < 1.29 is 9.59 Å². The molecule has 100 valence electrons. The van der Waals surface area contributed by atoms with E-state index in [0.717, 1.165) is 15.6 Å². The van der Waals surface area contributed by atoms with Crippen molar-refractivity contribution in [3.8, 4) is 0 Å². The van der Waals surface area contributed by atoms with Crippen LogP contribution in [-0.4, -0.2) is 11.7 Å². The normalized spacial score (nSPS) is 13.8. The van der Waals surface area contributed by atoms with Gasteiger partial charge in [-0.2, -0.15) is 0 Å². The zero-order valence-electron chi connectivity index (χ0n) is 10.9. The summed E-state index contributed by atoms with van der Waals surface area (Å²) >= 11 is 3.46. The van der Waals surface area contributed by atoms with Crippen LogP contribution in [0.5, 0.6) is 0 Å². The zero-order chi connectivity index (χ0) is 14.3. The minimum Gasteiger partial charge on any atom is -0.299 e. The molecule has 20 heavy (non-hydrogen) atoms. The lowest BCUT2D eigenvalue weighted by atomic mass is 10.1. The fourth-order valence-corrected chi connectivity index (χ4v) is 3.23. The lowest BCUT2D eigenvalue weighted by Crippen LogP contribution is -2.29. The van der Waals surface area contributed by atoms with E-state index in [9.17, 15) is 9.59 Å². The summed E-state index contributed by atoms with van der Waals surface area (Å²) in [4.78, 5) is 25.8. The van der Waals surface area contributed by atoms with E-state index in [-0.39, 0.29) is 0 Å². The van der Waals surface area contributed by atoms with Gasteiger partial charge in [-0.05, 0) is 46.1 Å². The summed E-state index contributed by atoms with van der Waals surface area (Å²) < 4.78 is 0.780. The maximum Gasteiger partial charge on any atom is 0.299 e. The average Bonchev–Trinajstić information content (AvgIpc) is 2.65. The van der Waals surface area contributed by atoms with Crippen LogP contribution in [0.1, 0.15) is 21.5 Å². The number of aryl methyl sites for hydroxylation is 1. The SMILES string of the molecule is Cc1cc(Br)c2c(c1)C(=O)C(=O)N2Cc1ccccc1. The number of benzene rings is 2. The van der Waals surface area contributed by atoms with Gasteiger partial charge in [0.1, 0.15) is 0 Å². The van der Waals surface area contributed by atoms with Crippen molar-refractivity contribution in [1.29, 1.82) is 0 Å². The van der Waals surface area contributed by atoms with Gasteiger partial charge in [-0.3, -0.25) is 14.5 Å². The van der Waals surface area contributed by atoms with Crippen LogP contribution in [0, 0.1) is 6.92 Å². The van der Waals surface area contributed by atoms with E-state index in [1.54, 1.807) is 6.07 Å². The van der Waals surface area contributed by atoms with Crippen molar-refractivity contribution in [3.63, 3.8) is 0 Å². The van der Waals surface area contributed by atoms with Gasteiger partial charge < -0.3 is 0 Å². The van der Waals surface area contributed by atoms with Crippen LogP contribution < -0.4 is 4.90 Å². The van der Waals surface area contributed by atoms with Gasteiger partial charge in [0.2, 0.25) is 0 Å². The Hall–Kier alpha value is -1.94. The molecule has 0 fully saturated rings. The Kier molecular flexibility index (Phi) is 3.18. The van der Waals surface area contributed by atoms with Crippen LogP contribution in [-0.2, 0) is 11.3 Å². The van der Waals surface area contributed by atoms with Crippen molar-refractivity contribution >= 4 is 33.3 Å². The predicted molar refractivity (Wildman–Crippen MR) is 80.8 cm³/mol. The number of anilines is 1. The van der Waals surface area contributed by atoms with Crippen LogP contribution in [0.25, 0.3) is 0 Å². The summed E-state index contributed by atoms with van der Waals surface area (Å²) in [7, 11) is 0. The molecular formula is C16H12BrNO2. The Morgan fingerprint density at radius 3 is 2.50 bits per heavy atom. The number of hydrogen-bond acceptors (Lipinski definition) is 2. The van der Waals surface area contributed by atoms with E-state index >= 15 is 0 Å². The molecule has 0 saturated carbocycles. The number of ketones is 1. The monoisotopic (exact) mass is 329 g/mol. The number of nitrogens with zero attached hydrogens (tertiary/aromatic N) is 1. The Labute approximate surface area is 125 Å². The summed E-state index contributed by atoms with van der Waals surface area (Å²) in [5.74, 6) is -0.893. The van der Waals surface area contributed by atoms with Gasteiger partial charge in [0, 0.05) is 4.47 Å². The van der Waals surface area contributed by atoms with E-state index in [2.05, 4.69) is 15.9 Å². The maximum absolute atomic E-state index is 12.2. The summed E-state index contributed by atoms with van der Waals surface area (Å²) in [6.07, 6.45) is 0. The van der Waals surface area contributed by atoms with Gasteiger partial charge >= 0.3 is 0 Å². The zero-order valence-corrected chi connectivity index (χ0v) is 12.5. The van der Waals surface area contributed by atoms with Crippen LogP contribution in [0.3, 0.4) is 0 Å². The number of Topliss-reactive ketones (excluding diaryl/α,β-unsaturated/α-hetero) is 1. The van der Waals surface area contributed by atoms with Gasteiger partial charge in [0.25, 0.3) is 11.7 Å². The number of amides is 1. The average molecular weight is 330 g/mol. The Morgan fingerprint density at radius 1 is 1.10 bits per heavy atom. The Balaban J connectivity index is 2.07. The van der Waals surface area contributed by atoms with E-state index in [0.29, 0.717) is 17.8 Å². The van der Waals surface area contributed by atoms with Crippen LogP contribution in [0.4, 0.5) is 5.69 Å². The van der Waals surface area contributed by atoms with Crippen LogP contribution in [0.2, 0.25) is 0 Å². The predicted octanol–water partition coefficient (Wildman–Crippen LogP) is 3.49. The highest BCUT2D eigenvalue weighted by Crippen LogP contribution is 2.37. The summed E-state index contributed by atoms with van der Waals surface area (Å²) in [6.45, 7) is 2.31. The molecule has 1 amide bonds. The van der Waals surface area contributed by atoms with E-state index in [1.807, 2.05) is 43.3 Å². The number of carbonyl (C=O) groups is 2. The number of fused-ring (bicyclic) bond motifs is 1. The molecule has 0 N–H and O–H groups in total. The second kappa shape index (κ2) is 4.87. The number of rotatable bonds is 2. The highest BCUT2D eigenvalue weighted by molar-refractivity contribution is 9.10. The molecule has 4 heteroatoms.